The van der Waals surface area contributed by atoms with Gasteiger partial charge in [-0.05, 0) is 67.0 Å². The topological polar surface area (TPSA) is 27.7 Å². The molecule has 2 aromatic carbocycles. The van der Waals surface area contributed by atoms with E-state index in [1.54, 1.807) is 6.07 Å². The van der Waals surface area contributed by atoms with E-state index in [2.05, 4.69) is 0 Å². The minimum Gasteiger partial charge on any atom is -0.465 e. The average Bonchev–Trinajstić information content (AvgIpc) is 2.72. The summed E-state index contributed by atoms with van der Waals surface area (Å²) in [7, 11) is 0. The van der Waals surface area contributed by atoms with E-state index in [0.717, 1.165) is 67.8 Å². The summed E-state index contributed by atoms with van der Waals surface area (Å²) in [6.45, 7) is 1.56. The molecule has 0 radical (unpaired) electrons. The largest absolute Gasteiger partial charge is 0.465 e. The summed E-state index contributed by atoms with van der Waals surface area (Å²) in [6.07, 6.45) is 7.14. The van der Waals surface area contributed by atoms with Crippen LogP contribution in [0.25, 0.3) is 11.1 Å². The first-order valence-corrected chi connectivity index (χ1v) is 10.1. The molecule has 0 spiro atoms. The van der Waals surface area contributed by atoms with E-state index < -0.39 is 0 Å². The summed E-state index contributed by atoms with van der Waals surface area (Å²) in [5, 5.41) is 0. The Bertz CT molecular complexity index is 732. The maximum atomic E-state index is 14.6. The molecule has 2 heterocycles. The van der Waals surface area contributed by atoms with Crippen LogP contribution in [0.5, 0.6) is 5.75 Å². The highest BCUT2D eigenvalue weighted by Gasteiger charge is 2.17. The summed E-state index contributed by atoms with van der Waals surface area (Å²) >= 11 is 0. The molecular formula is C23H27FO3. The van der Waals surface area contributed by atoms with Gasteiger partial charge in [-0.15, -0.1) is 0 Å². The second kappa shape index (κ2) is 8.85. The zero-order valence-corrected chi connectivity index (χ0v) is 15.7. The molecule has 2 atom stereocenters. The minimum atomic E-state index is -0.155. The van der Waals surface area contributed by atoms with Crippen LogP contribution in [0.3, 0.4) is 0 Å². The third-order valence-corrected chi connectivity index (χ3v) is 5.37. The first-order chi connectivity index (χ1) is 13.3. The van der Waals surface area contributed by atoms with Gasteiger partial charge in [-0.1, -0.05) is 24.3 Å². The van der Waals surface area contributed by atoms with Crippen LogP contribution < -0.4 is 4.74 Å². The van der Waals surface area contributed by atoms with Crippen molar-refractivity contribution in [2.75, 3.05) is 13.2 Å². The lowest BCUT2D eigenvalue weighted by molar-refractivity contribution is -0.105. The van der Waals surface area contributed by atoms with Crippen LogP contribution in [0.1, 0.15) is 44.1 Å². The molecule has 2 saturated heterocycles. The summed E-state index contributed by atoms with van der Waals surface area (Å²) < 4.78 is 31.8. The van der Waals surface area contributed by atoms with Gasteiger partial charge in [0.15, 0.2) is 6.29 Å². The van der Waals surface area contributed by atoms with Crippen molar-refractivity contribution in [3.05, 3.63) is 53.8 Å². The van der Waals surface area contributed by atoms with E-state index in [0.29, 0.717) is 6.42 Å². The van der Waals surface area contributed by atoms with Gasteiger partial charge in [0, 0.05) is 19.4 Å². The lowest BCUT2D eigenvalue weighted by atomic mass is 9.98. The van der Waals surface area contributed by atoms with E-state index in [1.807, 2.05) is 36.4 Å². The monoisotopic (exact) mass is 370 g/mol. The van der Waals surface area contributed by atoms with Gasteiger partial charge in [0.1, 0.15) is 11.6 Å². The van der Waals surface area contributed by atoms with Crippen molar-refractivity contribution in [1.82, 2.24) is 0 Å². The fraction of sp³-hybridized carbons (Fsp3) is 0.478. The molecule has 0 aromatic heterocycles. The van der Waals surface area contributed by atoms with Crippen molar-refractivity contribution in [3.8, 4) is 16.9 Å². The van der Waals surface area contributed by atoms with Crippen LogP contribution in [0.15, 0.2) is 42.5 Å². The highest BCUT2D eigenvalue weighted by molar-refractivity contribution is 5.64. The normalized spacial score (nSPS) is 23.1. The Morgan fingerprint density at radius 3 is 2.26 bits per heavy atom. The number of rotatable bonds is 5. The van der Waals surface area contributed by atoms with E-state index in [4.69, 9.17) is 14.2 Å². The van der Waals surface area contributed by atoms with E-state index in [-0.39, 0.29) is 18.2 Å². The van der Waals surface area contributed by atoms with Crippen molar-refractivity contribution in [3.63, 3.8) is 0 Å². The van der Waals surface area contributed by atoms with Crippen molar-refractivity contribution in [2.45, 2.75) is 57.3 Å². The number of hydrogen-bond acceptors (Lipinski definition) is 3. The first-order valence-electron chi connectivity index (χ1n) is 10.1. The molecular weight excluding hydrogens is 343 g/mol. The van der Waals surface area contributed by atoms with Crippen LogP contribution in [0.2, 0.25) is 0 Å². The number of halogens is 1. The predicted molar refractivity (Wildman–Crippen MR) is 103 cm³/mol. The molecule has 4 heteroatoms. The van der Waals surface area contributed by atoms with E-state index in [9.17, 15) is 4.39 Å². The van der Waals surface area contributed by atoms with Gasteiger partial charge in [0.2, 0.25) is 0 Å². The van der Waals surface area contributed by atoms with Crippen molar-refractivity contribution < 1.29 is 18.6 Å². The third kappa shape index (κ3) is 4.88. The third-order valence-electron chi connectivity index (χ3n) is 5.37. The molecule has 2 unspecified atom stereocenters. The number of hydrogen-bond donors (Lipinski definition) is 0. The molecule has 4 rings (SSSR count). The maximum absolute atomic E-state index is 14.6. The van der Waals surface area contributed by atoms with Crippen molar-refractivity contribution in [2.24, 2.45) is 0 Å². The van der Waals surface area contributed by atoms with Gasteiger partial charge < -0.3 is 14.2 Å². The zero-order chi connectivity index (χ0) is 18.5. The van der Waals surface area contributed by atoms with Gasteiger partial charge >= 0.3 is 0 Å². The van der Waals surface area contributed by atoms with Crippen LogP contribution in [-0.2, 0) is 15.9 Å². The molecule has 2 fully saturated rings. The van der Waals surface area contributed by atoms with Crippen LogP contribution in [-0.4, -0.2) is 25.6 Å². The Kier molecular flexibility index (Phi) is 6.05. The summed E-state index contributed by atoms with van der Waals surface area (Å²) in [5.41, 5.74) is 2.59. The number of ether oxygens (including phenoxy) is 3. The standard InChI is InChI=1S/C23H27FO3/c24-22-16-18(7-8-19(22)15-21-5-1-3-13-25-21)17-9-11-20(12-10-17)27-23-6-2-4-14-26-23/h7-12,16,21,23H,1-6,13-15H2. The Labute approximate surface area is 160 Å². The highest BCUT2D eigenvalue weighted by atomic mass is 19.1. The summed E-state index contributed by atoms with van der Waals surface area (Å²) in [4.78, 5) is 0. The van der Waals surface area contributed by atoms with E-state index in [1.165, 1.54) is 6.42 Å². The SMILES string of the molecule is Fc1cc(-c2ccc(OC3CCCCO3)cc2)ccc1CC1CCCCO1. The molecule has 2 aliphatic rings. The molecule has 0 bridgehead atoms. The van der Waals surface area contributed by atoms with Crippen LogP contribution in [0.4, 0.5) is 4.39 Å². The average molecular weight is 370 g/mol. The highest BCUT2D eigenvalue weighted by Crippen LogP contribution is 2.27. The molecule has 0 amide bonds. The lowest BCUT2D eigenvalue weighted by Gasteiger charge is -2.23. The Morgan fingerprint density at radius 2 is 1.59 bits per heavy atom. The van der Waals surface area contributed by atoms with Crippen LogP contribution >= 0.6 is 0 Å². The fourth-order valence-electron chi connectivity index (χ4n) is 3.79. The lowest BCUT2D eigenvalue weighted by Crippen LogP contribution is -2.24. The maximum Gasteiger partial charge on any atom is 0.199 e. The molecule has 2 aliphatic heterocycles. The van der Waals surface area contributed by atoms with E-state index >= 15 is 0 Å². The Hall–Kier alpha value is -1.91. The Balaban J connectivity index is 1.41. The molecule has 0 N–H and O–H groups in total. The van der Waals surface area contributed by atoms with Gasteiger partial charge in [0.25, 0.3) is 0 Å². The minimum absolute atomic E-state index is 0.150. The van der Waals surface area contributed by atoms with Gasteiger partial charge in [-0.3, -0.25) is 0 Å². The summed E-state index contributed by atoms with van der Waals surface area (Å²) in [5.74, 6) is 0.634. The molecule has 0 aliphatic carbocycles. The molecule has 0 saturated carbocycles. The molecule has 27 heavy (non-hydrogen) atoms. The second-order valence-corrected chi connectivity index (χ2v) is 7.44. The smallest absolute Gasteiger partial charge is 0.199 e. The van der Waals surface area contributed by atoms with Crippen molar-refractivity contribution >= 4 is 0 Å². The molecule has 144 valence electrons. The fourth-order valence-corrected chi connectivity index (χ4v) is 3.79. The van der Waals surface area contributed by atoms with Crippen LogP contribution in [0, 0.1) is 5.82 Å². The quantitative estimate of drug-likeness (QED) is 0.695. The number of benzene rings is 2. The van der Waals surface area contributed by atoms with Crippen molar-refractivity contribution in [1.29, 1.82) is 0 Å². The van der Waals surface area contributed by atoms with Gasteiger partial charge in [-0.2, -0.15) is 0 Å². The second-order valence-electron chi connectivity index (χ2n) is 7.44. The first kappa shape index (κ1) is 18.5. The Morgan fingerprint density at radius 1 is 0.852 bits per heavy atom. The van der Waals surface area contributed by atoms with Gasteiger partial charge in [-0.25, -0.2) is 4.39 Å². The molecule has 3 nitrogen and oxygen atoms in total. The summed E-state index contributed by atoms with van der Waals surface area (Å²) in [6, 6.07) is 13.3. The molecule has 2 aromatic rings. The predicted octanol–water partition coefficient (Wildman–Crippen LogP) is 5.51. The zero-order valence-electron chi connectivity index (χ0n) is 15.7. The van der Waals surface area contributed by atoms with Gasteiger partial charge in [0.05, 0.1) is 12.7 Å².